The van der Waals surface area contributed by atoms with Gasteiger partial charge in [0.1, 0.15) is 6.61 Å². The van der Waals surface area contributed by atoms with Crippen molar-refractivity contribution in [1.82, 2.24) is 4.98 Å². The highest BCUT2D eigenvalue weighted by atomic mass is 79.9. The monoisotopic (exact) mass is 498 g/mol. The highest BCUT2D eigenvalue weighted by Gasteiger charge is 2.31. The van der Waals surface area contributed by atoms with Crippen LogP contribution in [0.1, 0.15) is 28.5 Å². The van der Waals surface area contributed by atoms with Crippen molar-refractivity contribution in [2.45, 2.75) is 19.7 Å². The molecule has 0 N–H and O–H groups in total. The maximum atomic E-state index is 13.0. The third-order valence-electron chi connectivity index (χ3n) is 3.91. The van der Waals surface area contributed by atoms with Crippen molar-refractivity contribution in [3.05, 3.63) is 75.2 Å². The van der Waals surface area contributed by atoms with Gasteiger partial charge in [-0.2, -0.15) is 13.2 Å². The molecule has 1 amide bonds. The lowest BCUT2D eigenvalue weighted by Crippen LogP contribution is -2.23. The molecule has 2 aromatic carbocycles. The summed E-state index contributed by atoms with van der Waals surface area (Å²) >= 11 is 4.34. The summed E-state index contributed by atoms with van der Waals surface area (Å²) in [6, 6.07) is 11.0. The van der Waals surface area contributed by atoms with Gasteiger partial charge in [-0.15, -0.1) is 11.3 Å². The Balaban J connectivity index is 1.76. The molecule has 156 valence electrons. The quantitative estimate of drug-likeness (QED) is 0.406. The van der Waals surface area contributed by atoms with Crippen LogP contribution in [-0.2, 0) is 22.3 Å². The zero-order valence-corrected chi connectivity index (χ0v) is 17.8. The molecule has 30 heavy (non-hydrogen) atoms. The fourth-order valence-corrected chi connectivity index (χ4v) is 3.66. The van der Waals surface area contributed by atoms with E-state index in [-0.39, 0.29) is 17.4 Å². The molecule has 0 aliphatic heterocycles. The topological polar surface area (TPSA) is 59.5 Å². The van der Waals surface area contributed by atoms with Crippen molar-refractivity contribution >= 4 is 50.0 Å². The number of hydrogen-bond donors (Lipinski definition) is 0. The molecule has 1 heterocycles. The van der Waals surface area contributed by atoms with Gasteiger partial charge in [-0.05, 0) is 42.5 Å². The minimum absolute atomic E-state index is 0.0464. The Labute approximate surface area is 182 Å². The maximum absolute atomic E-state index is 13.0. The zero-order valence-electron chi connectivity index (χ0n) is 15.4. The number of rotatable bonds is 5. The van der Waals surface area contributed by atoms with Crippen molar-refractivity contribution in [2.75, 3.05) is 4.90 Å². The van der Waals surface area contributed by atoms with E-state index in [0.717, 1.165) is 32.8 Å². The van der Waals surface area contributed by atoms with E-state index in [1.165, 1.54) is 19.1 Å². The van der Waals surface area contributed by atoms with E-state index in [1.807, 2.05) is 0 Å². The first-order chi connectivity index (χ1) is 14.1. The number of carbonyl (C=O) groups excluding carboxylic acids is 2. The van der Waals surface area contributed by atoms with Gasteiger partial charge in [0, 0.05) is 16.8 Å². The number of nitrogens with zero attached hydrogens (tertiary/aromatic N) is 2. The van der Waals surface area contributed by atoms with Crippen molar-refractivity contribution < 1.29 is 27.5 Å². The Morgan fingerprint density at radius 3 is 2.50 bits per heavy atom. The first kappa shape index (κ1) is 22.0. The summed E-state index contributed by atoms with van der Waals surface area (Å²) in [5.74, 6) is -1.04. The molecular weight excluding hydrogens is 485 g/mol. The summed E-state index contributed by atoms with van der Waals surface area (Å²) < 4.78 is 45.1. The van der Waals surface area contributed by atoms with Crippen LogP contribution >= 0.6 is 27.3 Å². The van der Waals surface area contributed by atoms with Gasteiger partial charge in [0.25, 0.3) is 0 Å². The maximum Gasteiger partial charge on any atom is 0.416 e. The Morgan fingerprint density at radius 2 is 1.87 bits per heavy atom. The van der Waals surface area contributed by atoms with Crippen LogP contribution in [0.3, 0.4) is 0 Å². The number of amides is 1. The van der Waals surface area contributed by atoms with E-state index in [2.05, 4.69) is 20.9 Å². The number of anilines is 2. The van der Waals surface area contributed by atoms with Crippen LogP contribution in [0, 0.1) is 0 Å². The molecule has 0 atom stereocenters. The molecule has 0 bridgehead atoms. The second kappa shape index (κ2) is 8.97. The number of ether oxygens (including phenoxy) is 1. The fourth-order valence-electron chi connectivity index (χ4n) is 2.52. The van der Waals surface area contributed by atoms with Gasteiger partial charge in [0.05, 0.1) is 22.5 Å². The summed E-state index contributed by atoms with van der Waals surface area (Å²) in [6.07, 6.45) is -4.53. The number of aromatic nitrogens is 1. The van der Waals surface area contributed by atoms with Crippen LogP contribution in [0.4, 0.5) is 24.0 Å². The second-order valence-corrected chi connectivity index (χ2v) is 7.86. The van der Waals surface area contributed by atoms with Crippen LogP contribution in [-0.4, -0.2) is 16.9 Å². The van der Waals surface area contributed by atoms with Crippen LogP contribution in [0.25, 0.3) is 0 Å². The van der Waals surface area contributed by atoms with Gasteiger partial charge in [0.15, 0.2) is 5.13 Å². The molecule has 0 unspecified atom stereocenters. The third kappa shape index (κ3) is 5.25. The van der Waals surface area contributed by atoms with Gasteiger partial charge in [-0.3, -0.25) is 9.69 Å². The number of hydrogen-bond acceptors (Lipinski definition) is 5. The minimum Gasteiger partial charge on any atom is -0.456 e. The predicted molar refractivity (Wildman–Crippen MR) is 110 cm³/mol. The van der Waals surface area contributed by atoms with Crippen LogP contribution < -0.4 is 4.90 Å². The van der Waals surface area contributed by atoms with Gasteiger partial charge < -0.3 is 4.74 Å². The Hall–Kier alpha value is -2.72. The molecule has 0 saturated carbocycles. The molecule has 0 aliphatic rings. The third-order valence-corrected chi connectivity index (χ3v) is 5.31. The molecule has 10 heteroatoms. The molecule has 0 aliphatic carbocycles. The summed E-state index contributed by atoms with van der Waals surface area (Å²) in [4.78, 5) is 29.5. The van der Waals surface area contributed by atoms with Crippen molar-refractivity contribution in [3.8, 4) is 0 Å². The Kier molecular flexibility index (Phi) is 6.57. The normalized spacial score (nSPS) is 11.2. The Morgan fingerprint density at radius 1 is 1.17 bits per heavy atom. The summed E-state index contributed by atoms with van der Waals surface area (Å²) in [6.45, 7) is 1.09. The van der Waals surface area contributed by atoms with E-state index in [1.54, 1.807) is 29.6 Å². The second-order valence-electron chi connectivity index (χ2n) is 6.11. The predicted octanol–water partition coefficient (Wildman–Crippen LogP) is 5.97. The first-order valence-electron chi connectivity index (χ1n) is 8.50. The average molecular weight is 499 g/mol. The molecule has 0 spiro atoms. The van der Waals surface area contributed by atoms with E-state index in [9.17, 15) is 22.8 Å². The SMILES string of the molecule is CC(=O)N(c1cccc(C(F)(F)F)c1)c1nc(COC(=O)c2ccc(Br)cc2)cs1. The highest BCUT2D eigenvalue weighted by molar-refractivity contribution is 9.10. The van der Waals surface area contributed by atoms with Crippen LogP contribution in [0.2, 0.25) is 0 Å². The Bertz CT molecular complexity index is 1070. The van der Waals surface area contributed by atoms with E-state index >= 15 is 0 Å². The minimum atomic E-state index is -4.53. The number of benzene rings is 2. The number of halogens is 4. The smallest absolute Gasteiger partial charge is 0.416 e. The lowest BCUT2D eigenvalue weighted by atomic mass is 10.2. The van der Waals surface area contributed by atoms with Crippen molar-refractivity contribution in [1.29, 1.82) is 0 Å². The van der Waals surface area contributed by atoms with E-state index in [0.29, 0.717) is 11.3 Å². The van der Waals surface area contributed by atoms with Gasteiger partial charge in [0.2, 0.25) is 5.91 Å². The van der Waals surface area contributed by atoms with Crippen LogP contribution in [0.5, 0.6) is 0 Å². The summed E-state index contributed by atoms with van der Waals surface area (Å²) in [7, 11) is 0. The zero-order chi connectivity index (χ0) is 21.9. The number of alkyl halides is 3. The molecular formula is C20H14BrF3N2O3S. The molecule has 5 nitrogen and oxygen atoms in total. The van der Waals surface area contributed by atoms with E-state index < -0.39 is 23.6 Å². The standard InChI is InChI=1S/C20H14BrF3N2O3S/c1-12(27)26(17-4-2-3-14(9-17)20(22,23)24)19-25-16(11-30-19)10-29-18(28)13-5-7-15(21)8-6-13/h2-9,11H,10H2,1H3. The molecule has 3 rings (SSSR count). The summed E-state index contributed by atoms with van der Waals surface area (Å²) in [5, 5.41) is 1.75. The molecule has 3 aromatic rings. The largest absolute Gasteiger partial charge is 0.456 e. The first-order valence-corrected chi connectivity index (χ1v) is 10.2. The molecule has 0 fully saturated rings. The van der Waals surface area contributed by atoms with Gasteiger partial charge >= 0.3 is 12.1 Å². The average Bonchev–Trinajstić information content (AvgIpc) is 3.14. The summed E-state index contributed by atoms with van der Waals surface area (Å²) in [5.41, 5.74) is -0.0850. The lowest BCUT2D eigenvalue weighted by Gasteiger charge is -2.19. The van der Waals surface area contributed by atoms with Gasteiger partial charge in [-0.25, -0.2) is 9.78 Å². The van der Waals surface area contributed by atoms with Crippen molar-refractivity contribution in [3.63, 3.8) is 0 Å². The number of carbonyl (C=O) groups is 2. The molecule has 1 aromatic heterocycles. The lowest BCUT2D eigenvalue weighted by molar-refractivity contribution is -0.137. The number of thiazole rings is 1. The molecule has 0 saturated heterocycles. The van der Waals surface area contributed by atoms with Gasteiger partial charge in [-0.1, -0.05) is 22.0 Å². The fraction of sp³-hybridized carbons (Fsp3) is 0.150. The number of esters is 1. The van der Waals surface area contributed by atoms with Crippen molar-refractivity contribution in [2.24, 2.45) is 0 Å². The van der Waals surface area contributed by atoms with Crippen LogP contribution in [0.15, 0.2) is 58.4 Å². The highest BCUT2D eigenvalue weighted by Crippen LogP contribution is 2.35. The molecule has 0 radical (unpaired) electrons. The van der Waals surface area contributed by atoms with E-state index in [4.69, 9.17) is 4.74 Å².